The van der Waals surface area contributed by atoms with Crippen molar-refractivity contribution in [3.8, 4) is 0 Å². The lowest BCUT2D eigenvalue weighted by Crippen LogP contribution is -2.33. The quantitative estimate of drug-likeness (QED) is 0.524. The summed E-state index contributed by atoms with van der Waals surface area (Å²) in [4.78, 5) is 25.9. The second-order valence-electron chi connectivity index (χ2n) is 4.63. The Kier molecular flexibility index (Phi) is 4.82. The third kappa shape index (κ3) is 3.40. The first-order valence-electron chi connectivity index (χ1n) is 6.15. The fraction of sp³-hybridized carbons (Fsp3) is 0.500. The van der Waals surface area contributed by atoms with Gasteiger partial charge in [-0.2, -0.15) is 11.8 Å². The number of thioether (sulfide) groups is 1. The number of halogens is 1. The average molecular weight is 316 g/mol. The number of hydrogen-bond acceptors (Lipinski definition) is 5. The molecule has 0 saturated heterocycles. The molecule has 1 aromatic rings. The van der Waals surface area contributed by atoms with Gasteiger partial charge in [-0.25, -0.2) is 4.98 Å². The van der Waals surface area contributed by atoms with Gasteiger partial charge in [-0.15, -0.1) is 0 Å². The number of nitro groups is 1. The molecule has 1 fully saturated rings. The van der Waals surface area contributed by atoms with Crippen LogP contribution in [0, 0.1) is 10.1 Å². The molecular formula is C12H14ClN3O3S. The molecule has 8 heteroatoms. The highest BCUT2D eigenvalue weighted by molar-refractivity contribution is 7.99. The molecule has 2 unspecified atom stereocenters. The molecule has 1 heterocycles. The van der Waals surface area contributed by atoms with E-state index in [4.69, 9.17) is 11.6 Å². The Hall–Kier alpha value is -1.34. The summed E-state index contributed by atoms with van der Waals surface area (Å²) in [6.07, 6.45) is 5.98. The zero-order chi connectivity index (χ0) is 14.7. The van der Waals surface area contributed by atoms with E-state index in [1.54, 1.807) is 11.8 Å². The van der Waals surface area contributed by atoms with E-state index in [2.05, 4.69) is 16.6 Å². The number of aromatic nitrogens is 1. The van der Waals surface area contributed by atoms with Crippen molar-refractivity contribution in [1.82, 2.24) is 10.3 Å². The first-order valence-corrected chi connectivity index (χ1v) is 7.81. The van der Waals surface area contributed by atoms with Crippen LogP contribution in [0.25, 0.3) is 0 Å². The van der Waals surface area contributed by atoms with Crippen LogP contribution in [0.5, 0.6) is 0 Å². The first-order chi connectivity index (χ1) is 9.51. The lowest BCUT2D eigenvalue weighted by molar-refractivity contribution is -0.385. The summed E-state index contributed by atoms with van der Waals surface area (Å²) in [6, 6.07) is 1.25. The number of carbonyl (C=O) groups is 1. The highest BCUT2D eigenvalue weighted by Crippen LogP contribution is 2.28. The second-order valence-corrected chi connectivity index (χ2v) is 6.13. The number of amides is 1. The molecule has 108 valence electrons. The van der Waals surface area contributed by atoms with Crippen LogP contribution >= 0.6 is 23.4 Å². The van der Waals surface area contributed by atoms with Crippen molar-refractivity contribution in [1.29, 1.82) is 0 Å². The summed E-state index contributed by atoms with van der Waals surface area (Å²) in [6.45, 7) is 0. The Bertz CT molecular complexity index is 541. The molecule has 2 rings (SSSR count). The number of hydrogen-bond donors (Lipinski definition) is 1. The summed E-state index contributed by atoms with van der Waals surface area (Å²) in [7, 11) is 0. The first kappa shape index (κ1) is 15.1. The summed E-state index contributed by atoms with van der Waals surface area (Å²) in [5, 5.41) is 14.1. The number of nitrogens with one attached hydrogen (secondary N) is 1. The minimum Gasteiger partial charge on any atom is -0.349 e. The predicted octanol–water partition coefficient (Wildman–Crippen LogP) is 2.66. The van der Waals surface area contributed by atoms with Crippen LogP contribution in [-0.2, 0) is 0 Å². The molecule has 2 atom stereocenters. The minimum absolute atomic E-state index is 0.0208. The lowest BCUT2D eigenvalue weighted by atomic mass is 10.2. The maximum atomic E-state index is 12.1. The molecule has 1 saturated carbocycles. The van der Waals surface area contributed by atoms with Crippen LogP contribution in [0.4, 0.5) is 5.69 Å². The van der Waals surface area contributed by atoms with Gasteiger partial charge < -0.3 is 5.32 Å². The zero-order valence-electron chi connectivity index (χ0n) is 10.8. The number of pyridine rings is 1. The monoisotopic (exact) mass is 315 g/mol. The van der Waals surface area contributed by atoms with Crippen molar-refractivity contribution in [2.24, 2.45) is 0 Å². The average Bonchev–Trinajstić information content (AvgIpc) is 2.86. The van der Waals surface area contributed by atoms with E-state index in [0.717, 1.165) is 31.5 Å². The van der Waals surface area contributed by atoms with Gasteiger partial charge in [-0.3, -0.25) is 14.9 Å². The maximum absolute atomic E-state index is 12.1. The number of carbonyl (C=O) groups excluding carboxylic acids is 1. The molecular weight excluding hydrogens is 302 g/mol. The molecule has 0 aromatic carbocycles. The molecule has 1 amide bonds. The molecule has 1 aliphatic carbocycles. The Morgan fingerprint density at radius 3 is 2.95 bits per heavy atom. The standard InChI is InChI=1S/C12H14ClN3O3S/c1-20-9-3-2-7(4-9)15-12(17)10-5-8(16(18)19)6-14-11(10)13/h5-7,9H,2-4H2,1H3,(H,15,17). The lowest BCUT2D eigenvalue weighted by Gasteiger charge is -2.13. The van der Waals surface area contributed by atoms with Crippen LogP contribution in [0.15, 0.2) is 12.3 Å². The largest absolute Gasteiger partial charge is 0.349 e. The van der Waals surface area contributed by atoms with E-state index in [1.807, 2.05) is 0 Å². The third-order valence-electron chi connectivity index (χ3n) is 3.33. The second kappa shape index (κ2) is 6.41. The predicted molar refractivity (Wildman–Crippen MR) is 78.3 cm³/mol. The van der Waals surface area contributed by atoms with Gasteiger partial charge in [0.15, 0.2) is 0 Å². The van der Waals surface area contributed by atoms with Crippen molar-refractivity contribution in [3.63, 3.8) is 0 Å². The summed E-state index contributed by atoms with van der Waals surface area (Å²) < 4.78 is 0. The van der Waals surface area contributed by atoms with Crippen LogP contribution in [0.1, 0.15) is 29.6 Å². The highest BCUT2D eigenvalue weighted by Gasteiger charge is 2.26. The van der Waals surface area contributed by atoms with Crippen molar-refractivity contribution in [3.05, 3.63) is 33.1 Å². The normalized spacial score (nSPS) is 21.7. The van der Waals surface area contributed by atoms with Gasteiger partial charge in [0.1, 0.15) is 11.3 Å². The fourth-order valence-corrected chi connectivity index (χ4v) is 3.23. The van der Waals surface area contributed by atoms with Gasteiger partial charge in [0.25, 0.3) is 11.6 Å². The van der Waals surface area contributed by atoms with E-state index < -0.39 is 10.8 Å². The fourth-order valence-electron chi connectivity index (χ4n) is 2.24. The molecule has 1 aromatic heterocycles. The van der Waals surface area contributed by atoms with Gasteiger partial charge in [-0.05, 0) is 25.5 Å². The third-order valence-corrected chi connectivity index (χ3v) is 4.73. The van der Waals surface area contributed by atoms with Crippen LogP contribution in [0.2, 0.25) is 5.15 Å². The summed E-state index contributed by atoms with van der Waals surface area (Å²) >= 11 is 7.63. The Labute approximate surface area is 125 Å². The van der Waals surface area contributed by atoms with Crippen LogP contribution in [-0.4, -0.2) is 33.4 Å². The zero-order valence-corrected chi connectivity index (χ0v) is 12.4. The molecule has 0 aliphatic heterocycles. The molecule has 1 N–H and O–H groups in total. The molecule has 0 radical (unpaired) electrons. The van der Waals surface area contributed by atoms with Crippen LogP contribution < -0.4 is 5.32 Å². The molecule has 0 spiro atoms. The van der Waals surface area contributed by atoms with Gasteiger partial charge in [0.2, 0.25) is 0 Å². The van der Waals surface area contributed by atoms with Crippen molar-refractivity contribution >= 4 is 35.0 Å². The Morgan fingerprint density at radius 1 is 1.60 bits per heavy atom. The van der Waals surface area contributed by atoms with E-state index in [-0.39, 0.29) is 22.4 Å². The minimum atomic E-state index is -0.598. The SMILES string of the molecule is CSC1CCC(NC(=O)c2cc([N+](=O)[O-])cnc2Cl)C1. The van der Waals surface area contributed by atoms with Crippen molar-refractivity contribution < 1.29 is 9.72 Å². The maximum Gasteiger partial charge on any atom is 0.288 e. The molecule has 0 bridgehead atoms. The van der Waals surface area contributed by atoms with Gasteiger partial charge >= 0.3 is 0 Å². The van der Waals surface area contributed by atoms with Gasteiger partial charge in [0.05, 0.1) is 10.5 Å². The Balaban J connectivity index is 2.09. The van der Waals surface area contributed by atoms with Gasteiger partial charge in [0, 0.05) is 17.4 Å². The number of rotatable bonds is 4. The smallest absolute Gasteiger partial charge is 0.288 e. The van der Waals surface area contributed by atoms with E-state index >= 15 is 0 Å². The highest BCUT2D eigenvalue weighted by atomic mass is 35.5. The Morgan fingerprint density at radius 2 is 2.35 bits per heavy atom. The molecule has 20 heavy (non-hydrogen) atoms. The molecule has 6 nitrogen and oxygen atoms in total. The van der Waals surface area contributed by atoms with Crippen molar-refractivity contribution in [2.45, 2.75) is 30.6 Å². The van der Waals surface area contributed by atoms with Crippen molar-refractivity contribution in [2.75, 3.05) is 6.26 Å². The van der Waals surface area contributed by atoms with E-state index in [1.165, 1.54) is 0 Å². The topological polar surface area (TPSA) is 85.1 Å². The molecule has 1 aliphatic rings. The number of nitrogens with zero attached hydrogens (tertiary/aromatic N) is 2. The van der Waals surface area contributed by atoms with E-state index in [0.29, 0.717) is 5.25 Å². The summed E-state index contributed by atoms with van der Waals surface area (Å²) in [5.74, 6) is -0.405. The van der Waals surface area contributed by atoms with E-state index in [9.17, 15) is 14.9 Å². The van der Waals surface area contributed by atoms with Crippen LogP contribution in [0.3, 0.4) is 0 Å². The summed E-state index contributed by atoms with van der Waals surface area (Å²) in [5.41, 5.74) is -0.193. The van der Waals surface area contributed by atoms with Gasteiger partial charge in [-0.1, -0.05) is 11.6 Å².